The monoisotopic (exact) mass is 359 g/mol. The van der Waals surface area contributed by atoms with Gasteiger partial charge in [0.15, 0.2) is 0 Å². The lowest BCUT2D eigenvalue weighted by Crippen LogP contribution is -2.32. The maximum absolute atomic E-state index is 5.24. The molecule has 4 rings (SSSR count). The summed E-state index contributed by atoms with van der Waals surface area (Å²) in [5, 5.41) is 4.63. The topological polar surface area (TPSA) is 37.4 Å². The van der Waals surface area contributed by atoms with Crippen molar-refractivity contribution < 1.29 is 4.74 Å². The highest BCUT2D eigenvalue weighted by Gasteiger charge is 2.12. The zero-order chi connectivity index (χ0) is 18.5. The fraction of sp³-hybridized carbons (Fsp3) is 0.261. The Balaban J connectivity index is 1.29. The van der Waals surface area contributed by atoms with E-state index in [0.29, 0.717) is 0 Å². The third-order valence-electron chi connectivity index (χ3n) is 5.09. The fourth-order valence-corrected chi connectivity index (χ4v) is 3.49. The van der Waals surface area contributed by atoms with Gasteiger partial charge in [-0.3, -0.25) is 4.90 Å². The van der Waals surface area contributed by atoms with Crippen molar-refractivity contribution in [2.24, 2.45) is 0 Å². The second kappa shape index (κ2) is 8.23. The predicted molar refractivity (Wildman–Crippen MR) is 112 cm³/mol. The van der Waals surface area contributed by atoms with Gasteiger partial charge in [0.2, 0.25) is 0 Å². The van der Waals surface area contributed by atoms with Crippen molar-refractivity contribution in [3.63, 3.8) is 0 Å². The molecule has 0 spiro atoms. The second-order valence-corrected chi connectivity index (χ2v) is 6.82. The lowest BCUT2D eigenvalue weighted by molar-refractivity contribution is 0.313. The van der Waals surface area contributed by atoms with Crippen LogP contribution >= 0.6 is 0 Å². The summed E-state index contributed by atoms with van der Waals surface area (Å²) in [6.45, 7) is 4.00. The molecule has 0 amide bonds. The first-order chi connectivity index (χ1) is 13.3. The Kier molecular flexibility index (Phi) is 5.35. The Bertz CT molecular complexity index is 934. The van der Waals surface area contributed by atoms with Crippen molar-refractivity contribution in [3.8, 4) is 5.75 Å². The molecule has 3 aromatic rings. The minimum absolute atomic E-state index is 0.900. The minimum Gasteiger partial charge on any atom is -0.497 e. The molecule has 0 fully saturated rings. The van der Waals surface area contributed by atoms with Gasteiger partial charge in [-0.2, -0.15) is 0 Å². The van der Waals surface area contributed by atoms with Crippen LogP contribution in [-0.4, -0.2) is 43.2 Å². The smallest absolute Gasteiger partial charge is 0.126 e. The third kappa shape index (κ3) is 4.29. The number of ether oxygens (including phenoxy) is 1. The summed E-state index contributed by atoms with van der Waals surface area (Å²) in [6.07, 6.45) is 3.43. The number of rotatable bonds is 6. The number of anilines is 1. The number of hydrogen-bond donors (Lipinski definition) is 1. The number of hydrogen-bond acceptors (Lipinski definition) is 4. The Morgan fingerprint density at radius 3 is 2.67 bits per heavy atom. The summed E-state index contributed by atoms with van der Waals surface area (Å²) in [5.41, 5.74) is 3.76. The number of benzene rings is 2. The average molecular weight is 359 g/mol. The van der Waals surface area contributed by atoms with Crippen LogP contribution in [-0.2, 0) is 0 Å². The number of nitrogens with one attached hydrogen (secondary N) is 1. The largest absolute Gasteiger partial charge is 0.497 e. The molecule has 0 saturated heterocycles. The predicted octanol–water partition coefficient (Wildman–Crippen LogP) is 4.44. The molecule has 0 unspecified atom stereocenters. The van der Waals surface area contributed by atoms with Gasteiger partial charge < -0.3 is 10.1 Å². The Labute approximate surface area is 160 Å². The standard InChI is InChI=1S/C23H25N3O/c1-27-21-9-6-18(7-10-21)19-12-15-26(16-13-19)17-14-24-23-11-8-20-4-2-3-5-22(20)25-23/h2-12H,13-17H2,1H3,(H,24,25). The van der Waals surface area contributed by atoms with E-state index in [1.54, 1.807) is 7.11 Å². The SMILES string of the molecule is COc1ccc(C2=CCN(CCNc3ccc4ccccc4n3)CC2)cc1. The molecule has 2 heterocycles. The van der Waals surface area contributed by atoms with Crippen LogP contribution < -0.4 is 10.1 Å². The third-order valence-corrected chi connectivity index (χ3v) is 5.09. The van der Waals surface area contributed by atoms with Gasteiger partial charge in [-0.1, -0.05) is 36.4 Å². The molecule has 0 saturated carbocycles. The van der Waals surface area contributed by atoms with Crippen molar-refractivity contribution in [3.05, 3.63) is 72.3 Å². The molecule has 4 heteroatoms. The molecule has 1 aromatic heterocycles. The molecule has 27 heavy (non-hydrogen) atoms. The van der Waals surface area contributed by atoms with E-state index in [4.69, 9.17) is 4.74 Å². The van der Waals surface area contributed by atoms with Gasteiger partial charge in [-0.25, -0.2) is 4.98 Å². The molecule has 1 N–H and O–H groups in total. The lowest BCUT2D eigenvalue weighted by atomic mass is 9.99. The van der Waals surface area contributed by atoms with Crippen molar-refractivity contribution in [1.29, 1.82) is 0 Å². The Hall–Kier alpha value is -2.85. The van der Waals surface area contributed by atoms with Crippen LogP contribution in [0.15, 0.2) is 66.7 Å². The molecule has 0 bridgehead atoms. The van der Waals surface area contributed by atoms with Crippen LogP contribution in [0.2, 0.25) is 0 Å². The number of aromatic nitrogens is 1. The van der Waals surface area contributed by atoms with Gasteiger partial charge >= 0.3 is 0 Å². The van der Waals surface area contributed by atoms with Crippen LogP contribution in [0.1, 0.15) is 12.0 Å². The lowest BCUT2D eigenvalue weighted by Gasteiger charge is -2.26. The van der Waals surface area contributed by atoms with Gasteiger partial charge in [-0.05, 0) is 47.9 Å². The van der Waals surface area contributed by atoms with E-state index in [9.17, 15) is 0 Å². The van der Waals surface area contributed by atoms with Crippen molar-refractivity contribution >= 4 is 22.3 Å². The van der Waals surface area contributed by atoms with Gasteiger partial charge in [0.05, 0.1) is 12.6 Å². The van der Waals surface area contributed by atoms with E-state index < -0.39 is 0 Å². The average Bonchev–Trinajstić information content (AvgIpc) is 2.74. The molecule has 4 nitrogen and oxygen atoms in total. The maximum Gasteiger partial charge on any atom is 0.126 e. The summed E-state index contributed by atoms with van der Waals surface area (Å²) < 4.78 is 5.24. The molecule has 0 radical (unpaired) electrons. The van der Waals surface area contributed by atoms with E-state index in [2.05, 4.69) is 57.7 Å². The Morgan fingerprint density at radius 2 is 1.89 bits per heavy atom. The zero-order valence-corrected chi connectivity index (χ0v) is 15.7. The molecule has 1 aliphatic rings. The van der Waals surface area contributed by atoms with Crippen LogP contribution in [0.5, 0.6) is 5.75 Å². The number of nitrogens with zero attached hydrogens (tertiary/aromatic N) is 2. The maximum atomic E-state index is 5.24. The van der Waals surface area contributed by atoms with E-state index in [0.717, 1.165) is 49.7 Å². The number of fused-ring (bicyclic) bond motifs is 1. The molecule has 138 valence electrons. The van der Waals surface area contributed by atoms with Gasteiger partial charge in [0.1, 0.15) is 11.6 Å². The van der Waals surface area contributed by atoms with Gasteiger partial charge in [-0.15, -0.1) is 0 Å². The van der Waals surface area contributed by atoms with Crippen molar-refractivity contribution in [2.75, 3.05) is 38.6 Å². The molecule has 0 aliphatic carbocycles. The summed E-state index contributed by atoms with van der Waals surface area (Å²) in [7, 11) is 1.70. The molecular weight excluding hydrogens is 334 g/mol. The number of methoxy groups -OCH3 is 1. The fourth-order valence-electron chi connectivity index (χ4n) is 3.49. The number of pyridine rings is 1. The highest BCUT2D eigenvalue weighted by Crippen LogP contribution is 2.24. The van der Waals surface area contributed by atoms with Crippen LogP contribution in [0.4, 0.5) is 5.82 Å². The second-order valence-electron chi connectivity index (χ2n) is 6.82. The van der Waals surface area contributed by atoms with Gasteiger partial charge in [0.25, 0.3) is 0 Å². The summed E-state index contributed by atoms with van der Waals surface area (Å²) in [4.78, 5) is 7.15. The summed E-state index contributed by atoms with van der Waals surface area (Å²) in [6, 6.07) is 20.7. The summed E-state index contributed by atoms with van der Waals surface area (Å²) in [5.74, 6) is 1.85. The first kappa shape index (κ1) is 17.6. The van der Waals surface area contributed by atoms with Crippen LogP contribution in [0.25, 0.3) is 16.5 Å². The van der Waals surface area contributed by atoms with Gasteiger partial charge in [0, 0.05) is 31.6 Å². The van der Waals surface area contributed by atoms with Crippen LogP contribution in [0.3, 0.4) is 0 Å². The van der Waals surface area contributed by atoms with Crippen molar-refractivity contribution in [2.45, 2.75) is 6.42 Å². The Morgan fingerprint density at radius 1 is 1.04 bits per heavy atom. The van der Waals surface area contributed by atoms with Crippen LogP contribution in [0, 0.1) is 0 Å². The minimum atomic E-state index is 0.900. The van der Waals surface area contributed by atoms with E-state index in [1.165, 1.54) is 16.5 Å². The highest BCUT2D eigenvalue weighted by atomic mass is 16.5. The molecule has 2 aromatic carbocycles. The summed E-state index contributed by atoms with van der Waals surface area (Å²) >= 11 is 0. The van der Waals surface area contributed by atoms with E-state index in [-0.39, 0.29) is 0 Å². The van der Waals surface area contributed by atoms with E-state index in [1.807, 2.05) is 24.3 Å². The quantitative estimate of drug-likeness (QED) is 0.706. The highest BCUT2D eigenvalue weighted by molar-refractivity contribution is 5.80. The first-order valence-electron chi connectivity index (χ1n) is 9.47. The normalized spacial score (nSPS) is 14.8. The first-order valence-corrected chi connectivity index (χ1v) is 9.47. The zero-order valence-electron chi connectivity index (χ0n) is 15.7. The van der Waals surface area contributed by atoms with E-state index >= 15 is 0 Å². The molecular formula is C23H25N3O. The van der Waals surface area contributed by atoms with Crippen molar-refractivity contribution in [1.82, 2.24) is 9.88 Å². The molecule has 1 aliphatic heterocycles. The molecule has 0 atom stereocenters. The number of para-hydroxylation sites is 1.